The molecule has 0 aromatic heterocycles. The number of ether oxygens (including phenoxy) is 1. The van der Waals surface area contributed by atoms with Crippen LogP contribution in [0.15, 0.2) is 18.2 Å². The van der Waals surface area contributed by atoms with Gasteiger partial charge in [-0.1, -0.05) is 25.8 Å². The van der Waals surface area contributed by atoms with Crippen molar-refractivity contribution < 1.29 is 29.0 Å². The van der Waals surface area contributed by atoms with E-state index in [4.69, 9.17) is 4.74 Å². The van der Waals surface area contributed by atoms with Gasteiger partial charge in [-0.15, -0.1) is 0 Å². The fourth-order valence-corrected chi connectivity index (χ4v) is 3.63. The van der Waals surface area contributed by atoms with Crippen LogP contribution in [-0.2, 0) is 20.9 Å². The lowest BCUT2D eigenvalue weighted by atomic mass is 10.0. The highest BCUT2D eigenvalue weighted by molar-refractivity contribution is 6.05. The molecule has 0 spiro atoms. The third-order valence-electron chi connectivity index (χ3n) is 5.15. The number of aliphatic carboxylic acids is 1. The first-order valence-corrected chi connectivity index (χ1v) is 9.58. The van der Waals surface area contributed by atoms with Crippen LogP contribution in [0.25, 0.3) is 0 Å². The third kappa shape index (κ3) is 4.00. The Morgan fingerprint density at radius 3 is 2.79 bits per heavy atom. The fraction of sp³-hybridized carbons (Fsp3) is 0.500. The SMILES string of the molecule is CCCCCC(Oc1cccc2c1CN(C1CCC(=O)NC1=O)C2=O)C(=O)O. The van der Waals surface area contributed by atoms with E-state index < -0.39 is 24.0 Å². The average molecular weight is 388 g/mol. The molecule has 1 fully saturated rings. The van der Waals surface area contributed by atoms with E-state index in [1.165, 1.54) is 4.90 Å². The summed E-state index contributed by atoms with van der Waals surface area (Å²) in [5.74, 6) is -1.83. The Morgan fingerprint density at radius 2 is 2.11 bits per heavy atom. The topological polar surface area (TPSA) is 113 Å². The molecule has 2 unspecified atom stereocenters. The second-order valence-corrected chi connectivity index (χ2v) is 7.12. The van der Waals surface area contributed by atoms with Gasteiger partial charge in [-0.05, 0) is 31.4 Å². The van der Waals surface area contributed by atoms with Crippen molar-refractivity contribution in [2.45, 2.75) is 64.1 Å². The largest absolute Gasteiger partial charge is 0.479 e. The van der Waals surface area contributed by atoms with Gasteiger partial charge in [0, 0.05) is 17.5 Å². The van der Waals surface area contributed by atoms with E-state index in [0.29, 0.717) is 23.3 Å². The van der Waals surface area contributed by atoms with Crippen molar-refractivity contribution in [2.75, 3.05) is 0 Å². The van der Waals surface area contributed by atoms with Crippen molar-refractivity contribution in [1.29, 1.82) is 0 Å². The lowest BCUT2D eigenvalue weighted by Gasteiger charge is -2.29. The highest BCUT2D eigenvalue weighted by Gasteiger charge is 2.40. The number of carbonyl (C=O) groups excluding carboxylic acids is 3. The minimum Gasteiger partial charge on any atom is -0.479 e. The summed E-state index contributed by atoms with van der Waals surface area (Å²) < 4.78 is 5.76. The molecule has 3 rings (SSSR count). The summed E-state index contributed by atoms with van der Waals surface area (Å²) in [7, 11) is 0. The van der Waals surface area contributed by atoms with Crippen LogP contribution in [0.1, 0.15) is 61.4 Å². The number of imide groups is 1. The molecule has 2 aliphatic rings. The number of piperidine rings is 1. The van der Waals surface area contributed by atoms with Gasteiger partial charge in [0.1, 0.15) is 11.8 Å². The molecule has 2 heterocycles. The number of nitrogens with zero attached hydrogens (tertiary/aromatic N) is 1. The molecular weight excluding hydrogens is 364 g/mol. The summed E-state index contributed by atoms with van der Waals surface area (Å²) in [6.45, 7) is 2.19. The number of carboxylic acid groups (broad SMARTS) is 1. The van der Waals surface area contributed by atoms with Crippen LogP contribution in [0.5, 0.6) is 5.75 Å². The predicted molar refractivity (Wildman–Crippen MR) is 98.7 cm³/mol. The Morgan fingerprint density at radius 1 is 1.32 bits per heavy atom. The standard InChI is InChI=1S/C20H24N2O6/c1-2-3-4-7-16(20(26)27)28-15-8-5-6-12-13(15)11-22(19(12)25)14-9-10-17(23)21-18(14)24/h5-6,8,14,16H,2-4,7,9-11H2,1H3,(H,26,27)(H,21,23,24). The van der Waals surface area contributed by atoms with Crippen LogP contribution in [0.3, 0.4) is 0 Å². The van der Waals surface area contributed by atoms with Crippen LogP contribution in [-0.4, -0.2) is 45.8 Å². The van der Waals surface area contributed by atoms with E-state index in [0.717, 1.165) is 19.3 Å². The van der Waals surface area contributed by atoms with Crippen LogP contribution in [0, 0.1) is 0 Å². The molecule has 28 heavy (non-hydrogen) atoms. The summed E-state index contributed by atoms with van der Waals surface area (Å²) in [6.07, 6.45) is 2.48. The summed E-state index contributed by atoms with van der Waals surface area (Å²) in [5.41, 5.74) is 0.985. The molecule has 0 radical (unpaired) electrons. The molecule has 3 amide bonds. The molecule has 1 aromatic carbocycles. The van der Waals surface area contributed by atoms with Gasteiger partial charge in [0.05, 0.1) is 6.54 Å². The Kier molecular flexibility index (Phi) is 5.96. The molecule has 1 saturated heterocycles. The number of hydrogen-bond donors (Lipinski definition) is 2. The number of rotatable bonds is 8. The van der Waals surface area contributed by atoms with Crippen LogP contribution < -0.4 is 10.1 Å². The van der Waals surface area contributed by atoms with Gasteiger partial charge < -0.3 is 14.7 Å². The van der Waals surface area contributed by atoms with Crippen molar-refractivity contribution in [1.82, 2.24) is 10.2 Å². The Bertz CT molecular complexity index is 806. The molecule has 0 bridgehead atoms. The van der Waals surface area contributed by atoms with Crippen molar-refractivity contribution in [3.05, 3.63) is 29.3 Å². The monoisotopic (exact) mass is 388 g/mol. The summed E-state index contributed by atoms with van der Waals surface area (Å²) >= 11 is 0. The maximum atomic E-state index is 12.8. The van der Waals surface area contributed by atoms with Crippen molar-refractivity contribution in [2.24, 2.45) is 0 Å². The van der Waals surface area contributed by atoms with Gasteiger partial charge in [0.15, 0.2) is 6.10 Å². The molecular formula is C20H24N2O6. The van der Waals surface area contributed by atoms with Gasteiger partial charge >= 0.3 is 5.97 Å². The summed E-state index contributed by atoms with van der Waals surface area (Å²) in [6, 6.07) is 4.22. The van der Waals surface area contributed by atoms with Crippen LogP contribution in [0.4, 0.5) is 0 Å². The van der Waals surface area contributed by atoms with E-state index in [9.17, 15) is 24.3 Å². The minimum absolute atomic E-state index is 0.151. The molecule has 0 aliphatic carbocycles. The first kappa shape index (κ1) is 19.9. The number of unbranched alkanes of at least 4 members (excludes halogenated alkanes) is 2. The number of amides is 3. The van der Waals surface area contributed by atoms with Gasteiger partial charge in [-0.25, -0.2) is 4.79 Å². The second kappa shape index (κ2) is 8.41. The normalized spacial score (nSPS) is 20.0. The maximum Gasteiger partial charge on any atom is 0.344 e. The third-order valence-corrected chi connectivity index (χ3v) is 5.15. The number of carboxylic acids is 1. The maximum absolute atomic E-state index is 12.8. The molecule has 2 atom stereocenters. The van der Waals surface area contributed by atoms with E-state index in [-0.39, 0.29) is 31.2 Å². The van der Waals surface area contributed by atoms with E-state index in [1.807, 2.05) is 6.92 Å². The zero-order chi connectivity index (χ0) is 20.3. The number of nitrogens with one attached hydrogen (secondary N) is 1. The Hall–Kier alpha value is -2.90. The van der Waals surface area contributed by atoms with Crippen molar-refractivity contribution in [3.8, 4) is 5.75 Å². The van der Waals surface area contributed by atoms with Gasteiger partial charge in [0.25, 0.3) is 5.91 Å². The van der Waals surface area contributed by atoms with Crippen molar-refractivity contribution in [3.63, 3.8) is 0 Å². The summed E-state index contributed by atoms with van der Waals surface area (Å²) in [4.78, 5) is 49.3. The molecule has 8 heteroatoms. The number of fused-ring (bicyclic) bond motifs is 1. The van der Waals surface area contributed by atoms with Crippen LogP contribution >= 0.6 is 0 Å². The summed E-state index contributed by atoms with van der Waals surface area (Å²) in [5, 5.41) is 11.7. The Balaban J connectivity index is 1.79. The fourth-order valence-electron chi connectivity index (χ4n) is 3.63. The molecule has 0 saturated carbocycles. The van der Waals surface area contributed by atoms with Crippen molar-refractivity contribution >= 4 is 23.7 Å². The highest BCUT2D eigenvalue weighted by atomic mass is 16.5. The van der Waals surface area contributed by atoms with Gasteiger partial charge in [-0.3, -0.25) is 19.7 Å². The molecule has 8 nitrogen and oxygen atoms in total. The smallest absolute Gasteiger partial charge is 0.344 e. The molecule has 1 aromatic rings. The van der Waals surface area contributed by atoms with Gasteiger partial charge in [0.2, 0.25) is 11.8 Å². The lowest BCUT2D eigenvalue weighted by Crippen LogP contribution is -2.52. The second-order valence-electron chi connectivity index (χ2n) is 7.12. The first-order valence-electron chi connectivity index (χ1n) is 9.58. The Labute approximate surface area is 162 Å². The number of benzene rings is 1. The van der Waals surface area contributed by atoms with E-state index >= 15 is 0 Å². The molecule has 2 aliphatic heterocycles. The number of carbonyl (C=O) groups is 4. The lowest BCUT2D eigenvalue weighted by molar-refractivity contribution is -0.145. The number of hydrogen-bond acceptors (Lipinski definition) is 5. The van der Waals surface area contributed by atoms with Crippen LogP contribution in [0.2, 0.25) is 0 Å². The first-order chi connectivity index (χ1) is 13.4. The highest BCUT2D eigenvalue weighted by Crippen LogP contribution is 2.34. The predicted octanol–water partition coefficient (Wildman–Crippen LogP) is 1.86. The van der Waals surface area contributed by atoms with E-state index in [2.05, 4.69) is 5.32 Å². The zero-order valence-corrected chi connectivity index (χ0v) is 15.8. The van der Waals surface area contributed by atoms with Gasteiger partial charge in [-0.2, -0.15) is 0 Å². The molecule has 150 valence electrons. The zero-order valence-electron chi connectivity index (χ0n) is 15.8. The average Bonchev–Trinajstić information content (AvgIpc) is 2.98. The quantitative estimate of drug-likeness (QED) is 0.519. The minimum atomic E-state index is -1.04. The van der Waals surface area contributed by atoms with E-state index in [1.54, 1.807) is 18.2 Å². The molecule has 2 N–H and O–H groups in total.